The van der Waals surface area contributed by atoms with E-state index >= 15 is 0 Å². The highest BCUT2D eigenvalue weighted by atomic mass is 16.5. The zero-order valence-electron chi connectivity index (χ0n) is 10.3. The number of nitrogen functional groups attached to an aromatic ring is 1. The number of hydrazine groups is 1. The summed E-state index contributed by atoms with van der Waals surface area (Å²) in [5.41, 5.74) is 3.43. The third-order valence-corrected chi connectivity index (χ3v) is 2.13. The van der Waals surface area contributed by atoms with Gasteiger partial charge in [-0.25, -0.2) is 4.98 Å². The molecule has 4 N–H and O–H groups in total. The molecule has 1 amide bonds. The molecule has 1 rings (SSSR count). The molecule has 100 valence electrons. The van der Waals surface area contributed by atoms with Gasteiger partial charge < -0.3 is 20.2 Å². The number of anilines is 1. The van der Waals surface area contributed by atoms with E-state index in [0.717, 1.165) is 0 Å². The number of hydrogen-bond donors (Lipinski definition) is 3. The molecule has 0 unspecified atom stereocenters. The second-order valence-electron chi connectivity index (χ2n) is 3.44. The van der Waals surface area contributed by atoms with Crippen LogP contribution in [0.5, 0.6) is 0 Å². The molecule has 0 saturated heterocycles. The number of aromatic nitrogens is 1. The highest BCUT2D eigenvalue weighted by molar-refractivity contribution is 5.92. The number of hydrogen-bond acceptors (Lipinski definition) is 6. The van der Waals surface area contributed by atoms with Crippen LogP contribution in [0.1, 0.15) is 10.5 Å². The predicted molar refractivity (Wildman–Crippen MR) is 67.1 cm³/mol. The van der Waals surface area contributed by atoms with Crippen LogP contribution in [0.4, 0.5) is 5.69 Å². The molecule has 0 aliphatic heterocycles. The maximum atomic E-state index is 11.6. The van der Waals surface area contributed by atoms with E-state index in [2.05, 4.69) is 15.7 Å². The summed E-state index contributed by atoms with van der Waals surface area (Å²) in [5.74, 6) is 4.96. The highest BCUT2D eigenvalue weighted by Gasteiger charge is 2.05. The second-order valence-corrected chi connectivity index (χ2v) is 3.44. The topological polar surface area (TPSA) is 98.5 Å². The van der Waals surface area contributed by atoms with Gasteiger partial charge in [0.2, 0.25) is 0 Å². The van der Waals surface area contributed by atoms with Crippen molar-refractivity contribution in [1.82, 2.24) is 10.3 Å². The van der Waals surface area contributed by atoms with E-state index in [0.29, 0.717) is 37.7 Å². The Bertz CT molecular complexity index is 356. The molecule has 0 aliphatic carbocycles. The van der Waals surface area contributed by atoms with Gasteiger partial charge in [0.15, 0.2) is 0 Å². The van der Waals surface area contributed by atoms with Crippen LogP contribution in [0.15, 0.2) is 18.3 Å². The fourth-order valence-corrected chi connectivity index (χ4v) is 1.19. The lowest BCUT2D eigenvalue weighted by Crippen LogP contribution is -2.28. The van der Waals surface area contributed by atoms with Crippen molar-refractivity contribution in [1.29, 1.82) is 0 Å². The third kappa shape index (κ3) is 5.09. The monoisotopic (exact) mass is 254 g/mol. The summed E-state index contributed by atoms with van der Waals surface area (Å²) in [6.45, 7) is 1.93. The van der Waals surface area contributed by atoms with Crippen LogP contribution in [0.2, 0.25) is 0 Å². The van der Waals surface area contributed by atoms with E-state index in [1.807, 2.05) is 0 Å². The van der Waals surface area contributed by atoms with Crippen LogP contribution < -0.4 is 16.6 Å². The van der Waals surface area contributed by atoms with Crippen molar-refractivity contribution in [3.8, 4) is 0 Å². The molecule has 18 heavy (non-hydrogen) atoms. The van der Waals surface area contributed by atoms with Crippen molar-refractivity contribution < 1.29 is 14.3 Å². The van der Waals surface area contributed by atoms with Gasteiger partial charge in [-0.3, -0.25) is 10.6 Å². The van der Waals surface area contributed by atoms with Crippen molar-refractivity contribution in [3.05, 3.63) is 24.0 Å². The first-order chi connectivity index (χ1) is 8.77. The van der Waals surface area contributed by atoms with Crippen molar-refractivity contribution in [2.75, 3.05) is 38.9 Å². The highest BCUT2D eigenvalue weighted by Crippen LogP contribution is 2.03. The van der Waals surface area contributed by atoms with Crippen LogP contribution in [-0.2, 0) is 9.47 Å². The maximum Gasteiger partial charge on any atom is 0.269 e. The zero-order valence-corrected chi connectivity index (χ0v) is 10.3. The molecule has 0 atom stereocenters. The van der Waals surface area contributed by atoms with Crippen molar-refractivity contribution in [2.24, 2.45) is 5.84 Å². The summed E-state index contributed by atoms with van der Waals surface area (Å²) >= 11 is 0. The van der Waals surface area contributed by atoms with Gasteiger partial charge in [0.1, 0.15) is 5.69 Å². The van der Waals surface area contributed by atoms with Gasteiger partial charge in [0.25, 0.3) is 5.91 Å². The van der Waals surface area contributed by atoms with Crippen LogP contribution >= 0.6 is 0 Å². The number of carbonyl (C=O) groups is 1. The minimum absolute atomic E-state index is 0.242. The van der Waals surface area contributed by atoms with Gasteiger partial charge >= 0.3 is 0 Å². The molecular weight excluding hydrogens is 236 g/mol. The molecule has 0 aromatic carbocycles. The minimum atomic E-state index is -0.242. The number of amides is 1. The fourth-order valence-electron chi connectivity index (χ4n) is 1.19. The Morgan fingerprint density at radius 1 is 1.39 bits per heavy atom. The Balaban J connectivity index is 2.23. The molecule has 1 aromatic rings. The van der Waals surface area contributed by atoms with E-state index in [9.17, 15) is 4.79 Å². The molecule has 1 aromatic heterocycles. The first kappa shape index (κ1) is 14.4. The number of nitrogens with one attached hydrogen (secondary N) is 2. The number of rotatable bonds is 8. The first-order valence-electron chi connectivity index (χ1n) is 5.55. The lowest BCUT2D eigenvalue weighted by molar-refractivity contribution is 0.0692. The Morgan fingerprint density at radius 3 is 2.83 bits per heavy atom. The molecule has 0 spiro atoms. The lowest BCUT2D eigenvalue weighted by Gasteiger charge is -2.06. The van der Waals surface area contributed by atoms with Crippen molar-refractivity contribution >= 4 is 11.6 Å². The zero-order chi connectivity index (χ0) is 13.2. The maximum absolute atomic E-state index is 11.6. The quantitative estimate of drug-likeness (QED) is 0.336. The average molecular weight is 254 g/mol. The van der Waals surface area contributed by atoms with Crippen LogP contribution in [0.3, 0.4) is 0 Å². The van der Waals surface area contributed by atoms with E-state index in [1.165, 1.54) is 6.20 Å². The Kier molecular flexibility index (Phi) is 6.70. The molecule has 0 radical (unpaired) electrons. The Hall–Kier alpha value is -1.70. The summed E-state index contributed by atoms with van der Waals surface area (Å²) in [4.78, 5) is 15.6. The number of methoxy groups -OCH3 is 1. The molecule has 0 saturated carbocycles. The lowest BCUT2D eigenvalue weighted by atomic mass is 10.3. The normalized spacial score (nSPS) is 10.1. The summed E-state index contributed by atoms with van der Waals surface area (Å²) < 4.78 is 10.0. The standard InChI is InChI=1S/C11H18N4O3/c1-17-6-7-18-5-4-13-11(16)10-3-2-9(15-12)8-14-10/h2-3,8,15H,4-7,12H2,1H3,(H,13,16). The van der Waals surface area contributed by atoms with Crippen LogP contribution in [-0.4, -0.2) is 44.4 Å². The molecular formula is C11H18N4O3. The number of nitrogens with two attached hydrogens (primary N) is 1. The minimum Gasteiger partial charge on any atom is -0.382 e. The molecule has 0 aliphatic rings. The van der Waals surface area contributed by atoms with Crippen molar-refractivity contribution in [2.45, 2.75) is 0 Å². The summed E-state index contributed by atoms with van der Waals surface area (Å²) in [6.07, 6.45) is 1.49. The second kappa shape index (κ2) is 8.40. The number of nitrogens with zero attached hydrogens (tertiary/aromatic N) is 1. The predicted octanol–water partition coefficient (Wildman–Crippen LogP) is -0.240. The molecule has 7 heteroatoms. The number of ether oxygens (including phenoxy) is 2. The molecule has 1 heterocycles. The van der Waals surface area contributed by atoms with E-state index in [-0.39, 0.29) is 5.91 Å². The van der Waals surface area contributed by atoms with E-state index in [4.69, 9.17) is 15.3 Å². The average Bonchev–Trinajstić information content (AvgIpc) is 2.42. The van der Waals surface area contributed by atoms with E-state index in [1.54, 1.807) is 19.2 Å². The number of carbonyl (C=O) groups excluding carboxylic acids is 1. The molecule has 0 fully saturated rings. The SMILES string of the molecule is COCCOCCNC(=O)c1ccc(NN)cn1. The first-order valence-corrected chi connectivity index (χ1v) is 5.55. The number of pyridine rings is 1. The molecule has 0 bridgehead atoms. The van der Waals surface area contributed by atoms with Gasteiger partial charge in [-0.15, -0.1) is 0 Å². The van der Waals surface area contributed by atoms with Gasteiger partial charge in [-0.1, -0.05) is 0 Å². The van der Waals surface area contributed by atoms with Gasteiger partial charge in [0.05, 0.1) is 31.7 Å². The van der Waals surface area contributed by atoms with Gasteiger partial charge in [0, 0.05) is 13.7 Å². The smallest absolute Gasteiger partial charge is 0.269 e. The van der Waals surface area contributed by atoms with E-state index < -0.39 is 0 Å². The van der Waals surface area contributed by atoms with Crippen LogP contribution in [0, 0.1) is 0 Å². The third-order valence-electron chi connectivity index (χ3n) is 2.13. The van der Waals surface area contributed by atoms with Crippen molar-refractivity contribution in [3.63, 3.8) is 0 Å². The largest absolute Gasteiger partial charge is 0.382 e. The van der Waals surface area contributed by atoms with Gasteiger partial charge in [-0.2, -0.15) is 0 Å². The Labute approximate surface area is 106 Å². The summed E-state index contributed by atoms with van der Waals surface area (Å²) in [7, 11) is 1.61. The summed E-state index contributed by atoms with van der Waals surface area (Å²) in [6, 6.07) is 3.27. The van der Waals surface area contributed by atoms with Gasteiger partial charge in [-0.05, 0) is 12.1 Å². The summed E-state index contributed by atoms with van der Waals surface area (Å²) in [5, 5.41) is 2.69. The molecule has 7 nitrogen and oxygen atoms in total. The fraction of sp³-hybridized carbons (Fsp3) is 0.455. The Morgan fingerprint density at radius 2 is 2.22 bits per heavy atom. The van der Waals surface area contributed by atoms with Crippen LogP contribution in [0.25, 0.3) is 0 Å².